The minimum Gasteiger partial charge on any atom is -0.493 e. The first-order valence-electron chi connectivity index (χ1n) is 12.0. The van der Waals surface area contributed by atoms with Crippen molar-refractivity contribution < 1.29 is 24.1 Å². The third-order valence-corrected chi connectivity index (χ3v) is 6.30. The number of methoxy groups -OCH3 is 1. The number of benzene rings is 1. The average molecular weight is 483 g/mol. The third kappa shape index (κ3) is 5.86. The fourth-order valence-corrected chi connectivity index (χ4v) is 4.19. The molecule has 1 aromatic carbocycles. The van der Waals surface area contributed by atoms with E-state index in [0.29, 0.717) is 50.1 Å². The summed E-state index contributed by atoms with van der Waals surface area (Å²) in [6.45, 7) is 4.24. The predicted molar refractivity (Wildman–Crippen MR) is 134 cm³/mol. The zero-order valence-electron chi connectivity index (χ0n) is 20.4. The number of anilines is 1. The van der Waals surface area contributed by atoms with Crippen molar-refractivity contribution in [3.05, 3.63) is 48.3 Å². The fourth-order valence-electron chi connectivity index (χ4n) is 4.19. The van der Waals surface area contributed by atoms with E-state index in [1.807, 2.05) is 18.3 Å². The van der Waals surface area contributed by atoms with E-state index in [4.69, 9.17) is 14.2 Å². The van der Waals surface area contributed by atoms with Crippen LogP contribution in [0.5, 0.6) is 11.5 Å². The Labute approximate surface area is 205 Å². The fraction of sp³-hybridized carbons (Fsp3) is 0.462. The van der Waals surface area contributed by atoms with Crippen LogP contribution in [0, 0.1) is 5.41 Å². The second-order valence-electron chi connectivity index (χ2n) is 9.07. The highest BCUT2D eigenvalue weighted by Crippen LogP contribution is 2.32. The molecule has 9 heteroatoms. The Hall–Kier alpha value is -3.30. The van der Waals surface area contributed by atoms with Gasteiger partial charge in [-0.1, -0.05) is 19.8 Å². The number of fused-ring (bicyclic) bond motifs is 1. The lowest BCUT2D eigenvalue weighted by Crippen LogP contribution is -2.54. The number of aliphatic hydroxyl groups excluding tert-OH is 1. The van der Waals surface area contributed by atoms with Crippen LogP contribution in [0.1, 0.15) is 31.7 Å². The molecule has 2 amide bonds. The molecule has 0 unspecified atom stereocenters. The summed E-state index contributed by atoms with van der Waals surface area (Å²) in [5, 5.41) is 13.9. The number of H-pyrrole nitrogens is 1. The highest BCUT2D eigenvalue weighted by Gasteiger charge is 2.41. The summed E-state index contributed by atoms with van der Waals surface area (Å²) in [6, 6.07) is 8.95. The Morgan fingerprint density at radius 3 is 2.83 bits per heavy atom. The number of aromatic nitrogens is 2. The maximum atomic E-state index is 13.5. The number of hydrogen-bond acceptors (Lipinski definition) is 6. The lowest BCUT2D eigenvalue weighted by atomic mass is 9.86. The minimum absolute atomic E-state index is 0.0506. The summed E-state index contributed by atoms with van der Waals surface area (Å²) in [6.07, 6.45) is 6.71. The number of amides is 2. The lowest BCUT2D eigenvalue weighted by molar-refractivity contribution is -0.144. The number of hydrogen-bond donors (Lipinski definition) is 3. The topological polar surface area (TPSA) is 109 Å². The van der Waals surface area contributed by atoms with Gasteiger partial charge in [0.25, 0.3) is 0 Å². The third-order valence-electron chi connectivity index (χ3n) is 6.30. The number of ether oxygens (including phenoxy) is 3. The van der Waals surface area contributed by atoms with Gasteiger partial charge in [-0.05, 0) is 36.2 Å². The first-order chi connectivity index (χ1) is 17.1. The summed E-state index contributed by atoms with van der Waals surface area (Å²) >= 11 is 0. The van der Waals surface area contributed by atoms with E-state index in [9.17, 15) is 9.90 Å². The van der Waals surface area contributed by atoms with Gasteiger partial charge in [-0.3, -0.25) is 0 Å². The average Bonchev–Trinajstić information content (AvgIpc) is 3.33. The molecule has 4 rings (SSSR count). The molecule has 3 aromatic rings. The zero-order valence-corrected chi connectivity index (χ0v) is 20.4. The van der Waals surface area contributed by atoms with Gasteiger partial charge in [0.1, 0.15) is 5.65 Å². The molecule has 1 aliphatic heterocycles. The Kier molecular flexibility index (Phi) is 8.09. The number of nitrogens with zero attached hydrogens (tertiary/aromatic N) is 2. The minimum atomic E-state index is -0.463. The largest absolute Gasteiger partial charge is 0.493 e. The zero-order chi connectivity index (χ0) is 24.7. The molecule has 3 N–H and O–H groups in total. The summed E-state index contributed by atoms with van der Waals surface area (Å²) in [5.41, 5.74) is 1.88. The number of carbonyl (C=O) groups excluding carboxylic acids is 1. The van der Waals surface area contributed by atoms with E-state index in [-0.39, 0.29) is 12.6 Å². The van der Waals surface area contributed by atoms with Crippen LogP contribution >= 0.6 is 0 Å². The number of rotatable bonds is 12. The number of pyridine rings is 1. The van der Waals surface area contributed by atoms with Crippen molar-refractivity contribution in [1.29, 1.82) is 0 Å². The highest BCUT2D eigenvalue weighted by molar-refractivity contribution is 5.90. The number of urea groups is 1. The van der Waals surface area contributed by atoms with Gasteiger partial charge < -0.3 is 34.5 Å². The summed E-state index contributed by atoms with van der Waals surface area (Å²) in [5.74, 6) is 1.21. The van der Waals surface area contributed by atoms with E-state index >= 15 is 0 Å². The van der Waals surface area contributed by atoms with Gasteiger partial charge in [0.05, 0.1) is 39.0 Å². The summed E-state index contributed by atoms with van der Waals surface area (Å²) < 4.78 is 16.7. The van der Waals surface area contributed by atoms with Gasteiger partial charge in [-0.25, -0.2) is 9.78 Å². The monoisotopic (exact) mass is 482 g/mol. The number of aromatic amines is 1. The van der Waals surface area contributed by atoms with Gasteiger partial charge in [0.15, 0.2) is 11.5 Å². The molecule has 1 fully saturated rings. The van der Waals surface area contributed by atoms with Crippen LogP contribution in [0.2, 0.25) is 0 Å². The van der Waals surface area contributed by atoms with Crippen molar-refractivity contribution in [2.75, 3.05) is 45.4 Å². The molecule has 0 spiro atoms. The van der Waals surface area contributed by atoms with Crippen LogP contribution in [0.25, 0.3) is 11.0 Å². The van der Waals surface area contributed by atoms with Crippen molar-refractivity contribution in [2.24, 2.45) is 5.41 Å². The maximum Gasteiger partial charge on any atom is 0.322 e. The first kappa shape index (κ1) is 24.8. The maximum absolute atomic E-state index is 13.5. The lowest BCUT2D eigenvalue weighted by Gasteiger charge is -2.43. The standard InChI is InChI=1S/C26H34N4O5/c1-3-4-5-12-35-23-13-20(6-7-22(23)33-2)29-25(32)30(15-26(16-31)17-34-18-26)14-19-8-10-27-24-21(19)9-11-28-24/h6-11,13,31H,3-5,12,14-18H2,1-2H3,(H,27,28)(H,29,32). The van der Waals surface area contributed by atoms with Crippen molar-refractivity contribution in [1.82, 2.24) is 14.9 Å². The van der Waals surface area contributed by atoms with Crippen LogP contribution in [0.3, 0.4) is 0 Å². The Morgan fingerprint density at radius 1 is 1.26 bits per heavy atom. The van der Waals surface area contributed by atoms with Gasteiger partial charge in [-0.2, -0.15) is 0 Å². The smallest absolute Gasteiger partial charge is 0.322 e. The van der Waals surface area contributed by atoms with Crippen LogP contribution in [0.4, 0.5) is 10.5 Å². The number of carbonyl (C=O) groups is 1. The van der Waals surface area contributed by atoms with E-state index < -0.39 is 5.41 Å². The normalized spacial score (nSPS) is 14.4. The van der Waals surface area contributed by atoms with Crippen LogP contribution in [0.15, 0.2) is 42.7 Å². The number of nitrogens with one attached hydrogen (secondary N) is 2. The van der Waals surface area contributed by atoms with Crippen molar-refractivity contribution in [3.8, 4) is 11.5 Å². The summed E-state index contributed by atoms with van der Waals surface area (Å²) in [7, 11) is 1.60. The van der Waals surface area contributed by atoms with Crippen LogP contribution in [-0.4, -0.2) is 66.1 Å². The molecule has 1 aliphatic rings. The van der Waals surface area contributed by atoms with E-state index in [2.05, 4.69) is 22.2 Å². The molecule has 2 aromatic heterocycles. The van der Waals surface area contributed by atoms with E-state index in [1.165, 1.54) is 0 Å². The molecule has 35 heavy (non-hydrogen) atoms. The van der Waals surface area contributed by atoms with Crippen LogP contribution in [-0.2, 0) is 11.3 Å². The molecule has 0 radical (unpaired) electrons. The number of aliphatic hydroxyl groups is 1. The van der Waals surface area contributed by atoms with Crippen LogP contribution < -0.4 is 14.8 Å². The van der Waals surface area contributed by atoms with Crippen molar-refractivity contribution in [2.45, 2.75) is 32.7 Å². The van der Waals surface area contributed by atoms with Crippen molar-refractivity contribution in [3.63, 3.8) is 0 Å². The molecule has 188 valence electrons. The molecular weight excluding hydrogens is 448 g/mol. The van der Waals surface area contributed by atoms with Gasteiger partial charge in [-0.15, -0.1) is 0 Å². The Balaban J connectivity index is 1.53. The highest BCUT2D eigenvalue weighted by atomic mass is 16.5. The molecule has 1 saturated heterocycles. The summed E-state index contributed by atoms with van der Waals surface area (Å²) in [4.78, 5) is 22.7. The van der Waals surface area contributed by atoms with E-state index in [0.717, 1.165) is 35.9 Å². The van der Waals surface area contributed by atoms with Gasteiger partial charge in [0.2, 0.25) is 0 Å². The second-order valence-corrected chi connectivity index (χ2v) is 9.07. The van der Waals surface area contributed by atoms with Crippen molar-refractivity contribution >= 4 is 22.8 Å². The Morgan fingerprint density at radius 2 is 2.11 bits per heavy atom. The Bertz CT molecular complexity index is 1120. The molecule has 0 bridgehead atoms. The second kappa shape index (κ2) is 11.4. The van der Waals surface area contributed by atoms with Gasteiger partial charge >= 0.3 is 6.03 Å². The van der Waals surface area contributed by atoms with Gasteiger partial charge in [0, 0.05) is 42.6 Å². The SMILES string of the molecule is CCCCCOc1cc(NC(=O)N(Cc2ccnc3[nH]ccc23)CC2(CO)COC2)ccc1OC. The molecule has 3 heterocycles. The predicted octanol–water partition coefficient (Wildman–Crippen LogP) is 4.18. The first-order valence-corrected chi connectivity index (χ1v) is 12.0. The molecule has 0 saturated carbocycles. The number of unbranched alkanes of at least 4 members (excludes halogenated alkanes) is 2. The van der Waals surface area contributed by atoms with E-state index in [1.54, 1.807) is 36.4 Å². The quantitative estimate of drug-likeness (QED) is 0.334. The molecule has 0 atom stereocenters. The molecular formula is C26H34N4O5. The molecule has 0 aliphatic carbocycles. The molecule has 9 nitrogen and oxygen atoms in total.